The fraction of sp³-hybridized carbons (Fsp3) is 0.250. The minimum absolute atomic E-state index is 0.125. The van der Waals surface area contributed by atoms with Gasteiger partial charge in [0.25, 0.3) is 11.8 Å². The Balaban J connectivity index is 1.45. The number of anilines is 1. The summed E-state index contributed by atoms with van der Waals surface area (Å²) in [5.74, 6) is -0.329. The molecule has 2 aromatic carbocycles. The van der Waals surface area contributed by atoms with Crippen LogP contribution in [-0.2, 0) is 4.79 Å². The van der Waals surface area contributed by atoms with E-state index in [0.717, 1.165) is 64.8 Å². The summed E-state index contributed by atoms with van der Waals surface area (Å²) < 4.78 is 1.78. The summed E-state index contributed by atoms with van der Waals surface area (Å²) in [4.78, 5) is 31.7. The molecule has 0 aliphatic carbocycles. The molecule has 9 heteroatoms. The number of aromatic amines is 1. The number of hydrogen-bond donors (Lipinski definition) is 3. The second-order valence-corrected chi connectivity index (χ2v) is 10.0. The van der Waals surface area contributed by atoms with Crippen LogP contribution in [0.4, 0.5) is 5.69 Å². The van der Waals surface area contributed by atoms with Gasteiger partial charge in [-0.05, 0) is 75.0 Å². The van der Waals surface area contributed by atoms with E-state index in [-0.39, 0.29) is 11.8 Å². The highest BCUT2D eigenvalue weighted by molar-refractivity contribution is 6.35. The Morgan fingerprint density at radius 2 is 1.95 bits per heavy atom. The average Bonchev–Trinajstić information content (AvgIpc) is 3.66. The van der Waals surface area contributed by atoms with Gasteiger partial charge in [0.15, 0.2) is 0 Å². The number of aryl methyl sites for hydroxylation is 1. The van der Waals surface area contributed by atoms with Crippen LogP contribution in [0.25, 0.3) is 28.6 Å². The number of nitrogens with zero attached hydrogens (tertiary/aromatic N) is 4. The third-order valence-electron chi connectivity index (χ3n) is 7.56. The SMILES string of the molecule is CCN(CC)CCNC(=O)c1c(C)[nH]c(C=C2C(=O)Nc3ccc(-c4ccnn4-c4cccc(C#N)c4)cc32)c1C. The standard InChI is InChI=1S/C32H33N7O2/c1-5-38(6-2)15-14-34-32(41)30-20(3)28(36-21(30)4)18-26-25-17-23(10-11-27(25)37-31(26)40)29-12-13-35-39(29)24-9-7-8-22(16-24)19-33/h7-13,16-18,36H,5-6,14-15H2,1-4H3,(H,34,41)(H,37,40). The zero-order valence-corrected chi connectivity index (χ0v) is 23.7. The van der Waals surface area contributed by atoms with Crippen LogP contribution in [0.5, 0.6) is 0 Å². The van der Waals surface area contributed by atoms with E-state index in [9.17, 15) is 14.9 Å². The molecule has 0 saturated heterocycles. The number of H-pyrrole nitrogens is 1. The molecule has 1 aliphatic heterocycles. The van der Waals surface area contributed by atoms with Crippen LogP contribution in [0.3, 0.4) is 0 Å². The number of benzene rings is 2. The van der Waals surface area contributed by atoms with Crippen LogP contribution >= 0.6 is 0 Å². The molecule has 0 saturated carbocycles. The number of nitrogens with one attached hydrogen (secondary N) is 3. The molecule has 1 aliphatic rings. The largest absolute Gasteiger partial charge is 0.358 e. The van der Waals surface area contributed by atoms with Crippen molar-refractivity contribution in [1.82, 2.24) is 25.0 Å². The van der Waals surface area contributed by atoms with Gasteiger partial charge in [0.05, 0.1) is 40.3 Å². The molecule has 2 amide bonds. The molecule has 0 fully saturated rings. The van der Waals surface area contributed by atoms with E-state index in [1.54, 1.807) is 23.0 Å². The molecule has 4 aromatic rings. The Morgan fingerprint density at radius 3 is 2.71 bits per heavy atom. The van der Waals surface area contributed by atoms with Gasteiger partial charge in [-0.15, -0.1) is 0 Å². The number of hydrogen-bond acceptors (Lipinski definition) is 5. The van der Waals surface area contributed by atoms with Crippen molar-refractivity contribution in [2.24, 2.45) is 0 Å². The highest BCUT2D eigenvalue weighted by atomic mass is 16.2. The smallest absolute Gasteiger partial charge is 0.256 e. The molecule has 0 bridgehead atoms. The lowest BCUT2D eigenvalue weighted by Gasteiger charge is -2.18. The Bertz CT molecular complexity index is 1700. The number of aromatic nitrogens is 3. The monoisotopic (exact) mass is 547 g/mol. The van der Waals surface area contributed by atoms with Crippen molar-refractivity contribution in [3.05, 3.63) is 88.4 Å². The summed E-state index contributed by atoms with van der Waals surface area (Å²) in [7, 11) is 0. The lowest BCUT2D eigenvalue weighted by atomic mass is 10.0. The third-order valence-corrected chi connectivity index (χ3v) is 7.56. The highest BCUT2D eigenvalue weighted by Crippen LogP contribution is 2.37. The van der Waals surface area contributed by atoms with E-state index >= 15 is 0 Å². The molecular formula is C32H33N7O2. The number of likely N-dealkylation sites (N-methyl/N-ethyl adjacent to an activating group) is 1. The van der Waals surface area contributed by atoms with E-state index in [2.05, 4.69) is 45.5 Å². The Labute approximate surface area is 239 Å². The van der Waals surface area contributed by atoms with Gasteiger partial charge in [-0.1, -0.05) is 26.0 Å². The molecule has 9 nitrogen and oxygen atoms in total. The van der Waals surface area contributed by atoms with Crippen LogP contribution < -0.4 is 10.6 Å². The van der Waals surface area contributed by atoms with Crippen LogP contribution in [0.2, 0.25) is 0 Å². The van der Waals surface area contributed by atoms with Crippen molar-refractivity contribution < 1.29 is 9.59 Å². The topological polar surface area (TPSA) is 119 Å². The van der Waals surface area contributed by atoms with Crippen LogP contribution in [0.1, 0.15) is 52.3 Å². The van der Waals surface area contributed by atoms with Crippen molar-refractivity contribution in [3.63, 3.8) is 0 Å². The van der Waals surface area contributed by atoms with Gasteiger partial charge in [-0.3, -0.25) is 9.59 Å². The second kappa shape index (κ2) is 11.7. The lowest BCUT2D eigenvalue weighted by molar-refractivity contribution is -0.110. The van der Waals surface area contributed by atoms with Gasteiger partial charge in [-0.2, -0.15) is 10.4 Å². The number of fused-ring (bicyclic) bond motifs is 1. The molecule has 208 valence electrons. The average molecular weight is 548 g/mol. The fourth-order valence-electron chi connectivity index (χ4n) is 5.28. The quantitative estimate of drug-likeness (QED) is 0.257. The second-order valence-electron chi connectivity index (χ2n) is 10.0. The fourth-order valence-corrected chi connectivity index (χ4v) is 5.28. The number of amides is 2. The number of carbonyl (C=O) groups excluding carboxylic acids is 2. The van der Waals surface area contributed by atoms with Gasteiger partial charge < -0.3 is 20.5 Å². The van der Waals surface area contributed by atoms with Crippen LogP contribution in [-0.4, -0.2) is 57.7 Å². The maximum atomic E-state index is 13.1. The first-order valence-electron chi connectivity index (χ1n) is 13.8. The molecule has 0 spiro atoms. The molecule has 41 heavy (non-hydrogen) atoms. The van der Waals surface area contributed by atoms with E-state index in [0.29, 0.717) is 23.2 Å². The lowest BCUT2D eigenvalue weighted by Crippen LogP contribution is -2.35. The van der Waals surface area contributed by atoms with Crippen molar-refractivity contribution in [2.45, 2.75) is 27.7 Å². The van der Waals surface area contributed by atoms with Gasteiger partial charge in [0.2, 0.25) is 0 Å². The number of rotatable bonds is 9. The van der Waals surface area contributed by atoms with Crippen LogP contribution in [0.15, 0.2) is 54.7 Å². The van der Waals surface area contributed by atoms with Gasteiger partial charge in [0.1, 0.15) is 0 Å². The van der Waals surface area contributed by atoms with E-state index < -0.39 is 0 Å². The molecule has 2 aromatic heterocycles. The molecule has 3 N–H and O–H groups in total. The number of carbonyl (C=O) groups is 2. The normalized spacial score (nSPS) is 13.4. The minimum atomic E-state index is -0.204. The maximum Gasteiger partial charge on any atom is 0.256 e. The van der Waals surface area contributed by atoms with Crippen molar-refractivity contribution >= 4 is 29.2 Å². The summed E-state index contributed by atoms with van der Waals surface area (Å²) in [6.07, 6.45) is 3.52. The molecule has 0 atom stereocenters. The van der Waals surface area contributed by atoms with E-state index in [1.165, 1.54) is 0 Å². The minimum Gasteiger partial charge on any atom is -0.358 e. The highest BCUT2D eigenvalue weighted by Gasteiger charge is 2.26. The van der Waals surface area contributed by atoms with Gasteiger partial charge in [-0.25, -0.2) is 4.68 Å². The first kappa shape index (κ1) is 27.6. The summed E-state index contributed by atoms with van der Waals surface area (Å²) in [6.45, 7) is 11.2. The summed E-state index contributed by atoms with van der Waals surface area (Å²) >= 11 is 0. The summed E-state index contributed by atoms with van der Waals surface area (Å²) in [6, 6.07) is 17.1. The predicted octanol–water partition coefficient (Wildman–Crippen LogP) is 4.92. The van der Waals surface area contributed by atoms with Crippen molar-refractivity contribution in [3.8, 4) is 23.0 Å². The third kappa shape index (κ3) is 5.42. The zero-order chi connectivity index (χ0) is 29.1. The molecule has 0 radical (unpaired) electrons. The Hall–Kier alpha value is -4.94. The molecule has 0 unspecified atom stereocenters. The maximum absolute atomic E-state index is 13.1. The molecular weight excluding hydrogens is 514 g/mol. The van der Waals surface area contributed by atoms with Crippen molar-refractivity contribution in [2.75, 3.05) is 31.5 Å². The molecule has 3 heterocycles. The van der Waals surface area contributed by atoms with Gasteiger partial charge >= 0.3 is 0 Å². The Kier molecular flexibility index (Phi) is 7.86. The van der Waals surface area contributed by atoms with Crippen molar-refractivity contribution in [1.29, 1.82) is 5.26 Å². The van der Waals surface area contributed by atoms with E-state index in [1.807, 2.05) is 56.3 Å². The predicted molar refractivity (Wildman–Crippen MR) is 161 cm³/mol. The zero-order valence-electron chi connectivity index (χ0n) is 23.7. The number of nitriles is 1. The van der Waals surface area contributed by atoms with Gasteiger partial charge in [0, 0.05) is 41.3 Å². The van der Waals surface area contributed by atoms with Crippen LogP contribution in [0, 0.1) is 25.2 Å². The Morgan fingerprint density at radius 1 is 1.15 bits per heavy atom. The first-order valence-corrected chi connectivity index (χ1v) is 13.8. The molecule has 5 rings (SSSR count). The summed E-state index contributed by atoms with van der Waals surface area (Å²) in [5.41, 5.74) is 7.90. The summed E-state index contributed by atoms with van der Waals surface area (Å²) in [5, 5.41) is 19.8. The van der Waals surface area contributed by atoms with E-state index in [4.69, 9.17) is 0 Å². The first-order chi connectivity index (χ1) is 19.8.